The van der Waals surface area contributed by atoms with Gasteiger partial charge in [0.1, 0.15) is 5.57 Å². The van der Waals surface area contributed by atoms with Crippen LogP contribution in [0, 0.1) is 0 Å². The van der Waals surface area contributed by atoms with E-state index in [0.29, 0.717) is 28.2 Å². The second-order valence-corrected chi connectivity index (χ2v) is 8.22. The molecular formula is C26H19N3O5. The molecule has 3 aromatic rings. The van der Waals surface area contributed by atoms with Gasteiger partial charge in [0.05, 0.1) is 7.11 Å². The first-order valence-corrected chi connectivity index (χ1v) is 10.7. The Kier molecular flexibility index (Phi) is 4.10. The molecule has 168 valence electrons. The van der Waals surface area contributed by atoms with Crippen LogP contribution >= 0.6 is 0 Å². The Morgan fingerprint density at radius 1 is 0.824 bits per heavy atom. The molecule has 2 atom stereocenters. The van der Waals surface area contributed by atoms with E-state index in [4.69, 9.17) is 9.47 Å². The summed E-state index contributed by atoms with van der Waals surface area (Å²) < 4.78 is 11.6. The highest BCUT2D eigenvalue weighted by molar-refractivity contribution is 6.22. The van der Waals surface area contributed by atoms with E-state index < -0.39 is 28.8 Å². The van der Waals surface area contributed by atoms with Gasteiger partial charge in [-0.15, -0.1) is 0 Å². The fourth-order valence-electron chi connectivity index (χ4n) is 5.28. The van der Waals surface area contributed by atoms with Crippen molar-refractivity contribution in [2.45, 2.75) is 11.0 Å². The lowest BCUT2D eigenvalue weighted by Crippen LogP contribution is -2.57. The summed E-state index contributed by atoms with van der Waals surface area (Å²) in [6.45, 7) is 0. The van der Waals surface area contributed by atoms with Crippen LogP contribution in [0.5, 0.6) is 0 Å². The Morgan fingerprint density at radius 2 is 1.41 bits per heavy atom. The summed E-state index contributed by atoms with van der Waals surface area (Å²) in [4.78, 5) is 41.1. The number of hydrogen-bond acceptors (Lipinski definition) is 6. The molecular weight excluding hydrogens is 434 g/mol. The maximum absolute atomic E-state index is 14.0. The number of rotatable bonds is 3. The van der Waals surface area contributed by atoms with E-state index in [9.17, 15) is 14.4 Å². The van der Waals surface area contributed by atoms with Gasteiger partial charge in [-0.05, 0) is 24.3 Å². The molecule has 8 nitrogen and oxygen atoms in total. The molecule has 0 radical (unpaired) electrons. The summed E-state index contributed by atoms with van der Waals surface area (Å²) in [7, 11) is 1.23. The summed E-state index contributed by atoms with van der Waals surface area (Å²) in [6.07, 6.45) is 0. The molecule has 6 rings (SSSR count). The van der Waals surface area contributed by atoms with Gasteiger partial charge < -0.3 is 25.4 Å². The predicted molar refractivity (Wildman–Crippen MR) is 124 cm³/mol. The second-order valence-electron chi connectivity index (χ2n) is 8.22. The van der Waals surface area contributed by atoms with E-state index in [0.717, 1.165) is 0 Å². The number of carbonyl (C=O) groups excluding carboxylic acids is 3. The fraction of sp³-hybridized carbons (Fsp3) is 0.115. The number of para-hydroxylation sites is 3. The summed E-state index contributed by atoms with van der Waals surface area (Å²) in [5.74, 6) is -1.89. The van der Waals surface area contributed by atoms with Crippen molar-refractivity contribution >= 4 is 34.8 Å². The lowest BCUT2D eigenvalue weighted by Gasteiger charge is -2.36. The summed E-state index contributed by atoms with van der Waals surface area (Å²) >= 11 is 0. The van der Waals surface area contributed by atoms with Crippen LogP contribution in [0.15, 0.2) is 90.3 Å². The van der Waals surface area contributed by atoms with E-state index in [1.54, 1.807) is 60.7 Å². The van der Waals surface area contributed by atoms with Crippen LogP contribution < -0.4 is 16.0 Å². The van der Waals surface area contributed by atoms with Crippen LogP contribution in [0.1, 0.15) is 11.1 Å². The van der Waals surface area contributed by atoms with Gasteiger partial charge in [-0.3, -0.25) is 9.59 Å². The minimum Gasteiger partial charge on any atom is -0.465 e. The molecule has 34 heavy (non-hydrogen) atoms. The summed E-state index contributed by atoms with van der Waals surface area (Å²) in [5.41, 5.74) is -1.25. The maximum Gasteiger partial charge on any atom is 0.340 e. The van der Waals surface area contributed by atoms with Crippen molar-refractivity contribution in [1.82, 2.24) is 0 Å². The van der Waals surface area contributed by atoms with Gasteiger partial charge in [0.25, 0.3) is 5.91 Å². The van der Waals surface area contributed by atoms with Gasteiger partial charge in [0, 0.05) is 28.2 Å². The van der Waals surface area contributed by atoms with Crippen LogP contribution in [-0.4, -0.2) is 24.9 Å². The number of benzene rings is 3. The SMILES string of the molecule is COC(=O)C1=C(Nc2ccccc2)O[C@@]2(C(=O)Nc3ccccc32)[C@@]12C(=O)Nc1ccccc12. The summed E-state index contributed by atoms with van der Waals surface area (Å²) in [6, 6.07) is 23.0. The lowest BCUT2D eigenvalue weighted by molar-refractivity contribution is -0.147. The third-order valence-corrected chi connectivity index (χ3v) is 6.60. The minimum absolute atomic E-state index is 0.0169. The molecule has 0 saturated carbocycles. The molecule has 0 saturated heterocycles. The number of nitrogens with one attached hydrogen (secondary N) is 3. The van der Waals surface area contributed by atoms with Crippen molar-refractivity contribution in [3.8, 4) is 0 Å². The Balaban J connectivity index is 1.71. The van der Waals surface area contributed by atoms with Gasteiger partial charge >= 0.3 is 5.97 Å². The Hall–Kier alpha value is -4.59. The van der Waals surface area contributed by atoms with Crippen molar-refractivity contribution < 1.29 is 23.9 Å². The zero-order valence-electron chi connectivity index (χ0n) is 18.0. The molecule has 2 amide bonds. The third kappa shape index (κ3) is 2.29. The summed E-state index contributed by atoms with van der Waals surface area (Å²) in [5, 5.41) is 8.81. The second kappa shape index (κ2) is 6.95. The van der Waals surface area contributed by atoms with Crippen LogP contribution in [-0.2, 0) is 34.9 Å². The first-order chi connectivity index (χ1) is 16.5. The number of carbonyl (C=O) groups is 3. The highest BCUT2D eigenvalue weighted by Crippen LogP contribution is 2.64. The molecule has 3 N–H and O–H groups in total. The number of esters is 1. The molecule has 0 bridgehead atoms. The highest BCUT2D eigenvalue weighted by atomic mass is 16.5. The topological polar surface area (TPSA) is 106 Å². The number of amides is 2. The smallest absolute Gasteiger partial charge is 0.340 e. The van der Waals surface area contributed by atoms with Crippen LogP contribution in [0.4, 0.5) is 17.1 Å². The number of fused-ring (bicyclic) bond motifs is 5. The van der Waals surface area contributed by atoms with E-state index in [-0.39, 0.29) is 11.5 Å². The molecule has 3 heterocycles. The largest absolute Gasteiger partial charge is 0.465 e. The Bertz CT molecular complexity index is 1420. The molecule has 3 aromatic carbocycles. The zero-order chi connectivity index (χ0) is 23.5. The van der Waals surface area contributed by atoms with Crippen LogP contribution in [0.3, 0.4) is 0 Å². The van der Waals surface area contributed by atoms with E-state index in [2.05, 4.69) is 16.0 Å². The molecule has 8 heteroatoms. The quantitative estimate of drug-likeness (QED) is 0.526. The minimum atomic E-state index is -1.87. The number of methoxy groups -OCH3 is 1. The van der Waals surface area contributed by atoms with Crippen LogP contribution in [0.25, 0.3) is 0 Å². The normalized spacial score (nSPS) is 23.9. The van der Waals surface area contributed by atoms with Gasteiger partial charge in [-0.2, -0.15) is 0 Å². The first kappa shape index (κ1) is 20.0. The number of ether oxygens (including phenoxy) is 2. The fourth-order valence-corrected chi connectivity index (χ4v) is 5.28. The molecule has 0 aliphatic carbocycles. The third-order valence-electron chi connectivity index (χ3n) is 6.60. The van der Waals surface area contributed by atoms with Crippen molar-refractivity contribution in [2.75, 3.05) is 23.1 Å². The van der Waals surface area contributed by atoms with Gasteiger partial charge in [0.15, 0.2) is 5.41 Å². The molecule has 3 aliphatic rings. The van der Waals surface area contributed by atoms with E-state index in [1.165, 1.54) is 7.11 Å². The maximum atomic E-state index is 14.0. The average Bonchev–Trinajstić information content (AvgIpc) is 3.43. The Morgan fingerprint density at radius 3 is 2.12 bits per heavy atom. The average molecular weight is 453 g/mol. The number of anilines is 3. The monoisotopic (exact) mass is 453 g/mol. The highest BCUT2D eigenvalue weighted by Gasteiger charge is 2.77. The van der Waals surface area contributed by atoms with Crippen molar-refractivity contribution in [1.29, 1.82) is 0 Å². The Labute approximate surface area is 194 Å². The van der Waals surface area contributed by atoms with Crippen LogP contribution in [0.2, 0.25) is 0 Å². The molecule has 3 aliphatic heterocycles. The predicted octanol–water partition coefficient (Wildman–Crippen LogP) is 3.25. The van der Waals surface area contributed by atoms with Gasteiger partial charge in [-0.1, -0.05) is 54.6 Å². The molecule has 0 fully saturated rings. The first-order valence-electron chi connectivity index (χ1n) is 10.7. The van der Waals surface area contributed by atoms with Crippen molar-refractivity contribution in [3.05, 3.63) is 101 Å². The van der Waals surface area contributed by atoms with Crippen molar-refractivity contribution in [2.24, 2.45) is 0 Å². The van der Waals surface area contributed by atoms with E-state index in [1.807, 2.05) is 18.2 Å². The van der Waals surface area contributed by atoms with E-state index >= 15 is 0 Å². The van der Waals surface area contributed by atoms with Gasteiger partial charge in [-0.25, -0.2) is 4.79 Å². The number of hydrogen-bond donors (Lipinski definition) is 3. The van der Waals surface area contributed by atoms with Crippen molar-refractivity contribution in [3.63, 3.8) is 0 Å². The standard InChI is InChI=1S/C26H19N3O5/c1-33-22(30)20-21(27-15-9-3-2-4-10-15)34-26(17-12-6-8-14-19(17)29-24(26)32)25(20)16-11-5-7-13-18(16)28-23(25)31/h2-14,27H,1H3,(H,28,31)(H,29,32)/t25-,26+/m1/s1. The van der Waals surface area contributed by atoms with Gasteiger partial charge in [0.2, 0.25) is 17.4 Å². The molecule has 0 aromatic heterocycles. The molecule has 2 spiro atoms. The zero-order valence-corrected chi connectivity index (χ0v) is 18.0. The molecule has 0 unspecified atom stereocenters. The lowest BCUT2D eigenvalue weighted by atomic mass is 9.62.